The molecule has 1 atom stereocenters. The molecule has 0 spiro atoms. The van der Waals surface area contributed by atoms with Crippen LogP contribution in [0.2, 0.25) is 4.47 Å². The Labute approximate surface area is 182 Å². The lowest BCUT2D eigenvalue weighted by Crippen LogP contribution is -2.45. The first-order valence-electron chi connectivity index (χ1n) is 10.7. The number of halogens is 1. The highest BCUT2D eigenvalue weighted by atomic mass is 35.5. The van der Waals surface area contributed by atoms with Crippen molar-refractivity contribution in [2.75, 3.05) is 36.4 Å². The number of likely N-dealkylation sites (tertiary alicyclic amines) is 1. The van der Waals surface area contributed by atoms with Crippen LogP contribution in [0.25, 0.3) is 0 Å². The van der Waals surface area contributed by atoms with Gasteiger partial charge in [0.1, 0.15) is 0 Å². The Hall–Kier alpha value is -1.79. The minimum atomic E-state index is 0.135. The molecule has 2 aromatic rings. The lowest BCUT2D eigenvalue weighted by molar-refractivity contribution is -0.135. The number of hydrogen-bond acceptors (Lipinski definition) is 5. The molecule has 7 heteroatoms. The molecule has 0 saturated carbocycles. The summed E-state index contributed by atoms with van der Waals surface area (Å²) in [6, 6.07) is 8.53. The minimum absolute atomic E-state index is 0.135. The van der Waals surface area contributed by atoms with Gasteiger partial charge in [-0.2, -0.15) is 0 Å². The average molecular weight is 433 g/mol. The van der Waals surface area contributed by atoms with E-state index in [0.717, 1.165) is 69.0 Å². The van der Waals surface area contributed by atoms with Gasteiger partial charge in [0.25, 0.3) is 0 Å². The molecule has 1 aromatic carbocycles. The summed E-state index contributed by atoms with van der Waals surface area (Å²) in [5.41, 5.74) is 2.28. The van der Waals surface area contributed by atoms with E-state index in [1.165, 1.54) is 29.9 Å². The number of carbonyl (C=O) groups excluding carboxylic acids is 1. The van der Waals surface area contributed by atoms with Crippen LogP contribution in [0, 0.1) is 5.92 Å². The van der Waals surface area contributed by atoms with Crippen molar-refractivity contribution in [2.24, 2.45) is 5.92 Å². The molecule has 1 N–H and O–H groups in total. The van der Waals surface area contributed by atoms with Crippen molar-refractivity contribution in [3.05, 3.63) is 39.8 Å². The van der Waals surface area contributed by atoms with Gasteiger partial charge in [0.05, 0.1) is 12.5 Å². The molecule has 5 nitrogen and oxygen atoms in total. The third-order valence-electron chi connectivity index (χ3n) is 5.91. The van der Waals surface area contributed by atoms with Gasteiger partial charge in [-0.1, -0.05) is 24.4 Å². The van der Waals surface area contributed by atoms with Crippen LogP contribution >= 0.6 is 22.9 Å². The number of benzene rings is 1. The van der Waals surface area contributed by atoms with E-state index in [2.05, 4.69) is 44.4 Å². The number of hydrogen-bond donors (Lipinski definition) is 1. The summed E-state index contributed by atoms with van der Waals surface area (Å²) < 4.78 is 0.575. The molecule has 0 bridgehead atoms. The highest BCUT2D eigenvalue weighted by molar-refractivity contribution is 7.15. The van der Waals surface area contributed by atoms with Gasteiger partial charge in [-0.25, -0.2) is 4.98 Å². The van der Waals surface area contributed by atoms with Gasteiger partial charge in [-0.05, 0) is 49.9 Å². The molecule has 29 heavy (non-hydrogen) atoms. The van der Waals surface area contributed by atoms with Gasteiger partial charge in [0.15, 0.2) is 4.47 Å². The van der Waals surface area contributed by atoms with Crippen molar-refractivity contribution in [2.45, 2.75) is 45.1 Å². The van der Waals surface area contributed by atoms with E-state index in [-0.39, 0.29) is 5.92 Å². The summed E-state index contributed by atoms with van der Waals surface area (Å²) in [7, 11) is 0. The van der Waals surface area contributed by atoms with Crippen molar-refractivity contribution >= 4 is 40.2 Å². The van der Waals surface area contributed by atoms with Gasteiger partial charge in [0.2, 0.25) is 5.91 Å². The molecule has 1 aromatic heterocycles. The fourth-order valence-corrected chi connectivity index (χ4v) is 5.22. The number of thiazole rings is 1. The maximum absolute atomic E-state index is 13.0. The first-order valence-corrected chi connectivity index (χ1v) is 11.9. The second-order valence-corrected chi connectivity index (χ2v) is 9.70. The number of nitrogens with zero attached hydrogens (tertiary/aromatic N) is 3. The van der Waals surface area contributed by atoms with Crippen LogP contribution in [0.3, 0.4) is 0 Å². The lowest BCUT2D eigenvalue weighted by Gasteiger charge is -2.36. The Bertz CT molecular complexity index is 801. The highest BCUT2D eigenvalue weighted by Gasteiger charge is 2.29. The SMILES string of the molecule is O=C(C1CCCN(c2ccc(NCc3cnc(Cl)s3)cc2)C1)N1CCCCCC1. The number of amides is 1. The van der Waals surface area contributed by atoms with E-state index in [4.69, 9.17) is 11.6 Å². The Kier molecular flexibility index (Phi) is 6.93. The van der Waals surface area contributed by atoms with Crippen molar-refractivity contribution in [1.29, 1.82) is 0 Å². The number of aromatic nitrogens is 1. The molecule has 2 saturated heterocycles. The van der Waals surface area contributed by atoms with Gasteiger partial charge < -0.3 is 15.1 Å². The fourth-order valence-electron chi connectivity index (χ4n) is 4.31. The normalized spacial score (nSPS) is 20.4. The molecule has 4 rings (SSSR count). The van der Waals surface area contributed by atoms with Crippen LogP contribution in [0.4, 0.5) is 11.4 Å². The van der Waals surface area contributed by atoms with E-state index in [1.807, 2.05) is 6.20 Å². The molecule has 2 aliphatic rings. The first-order chi connectivity index (χ1) is 14.2. The largest absolute Gasteiger partial charge is 0.380 e. The van der Waals surface area contributed by atoms with Crippen molar-refractivity contribution in [3.8, 4) is 0 Å². The molecule has 0 aliphatic carbocycles. The molecule has 1 unspecified atom stereocenters. The molecule has 156 valence electrons. The number of anilines is 2. The van der Waals surface area contributed by atoms with Gasteiger partial charge >= 0.3 is 0 Å². The maximum atomic E-state index is 13.0. The highest BCUT2D eigenvalue weighted by Crippen LogP contribution is 2.27. The van der Waals surface area contributed by atoms with Crippen LogP contribution in [0.1, 0.15) is 43.4 Å². The van der Waals surface area contributed by atoms with Crippen LogP contribution < -0.4 is 10.2 Å². The number of nitrogens with one attached hydrogen (secondary N) is 1. The van der Waals surface area contributed by atoms with E-state index in [1.54, 1.807) is 0 Å². The molecular weight excluding hydrogens is 404 g/mol. The Morgan fingerprint density at radius 1 is 1.10 bits per heavy atom. The lowest BCUT2D eigenvalue weighted by atomic mass is 9.95. The summed E-state index contributed by atoms with van der Waals surface area (Å²) in [4.78, 5) is 22.7. The summed E-state index contributed by atoms with van der Waals surface area (Å²) in [6.45, 7) is 4.47. The second kappa shape index (κ2) is 9.81. The van der Waals surface area contributed by atoms with Crippen molar-refractivity contribution in [3.63, 3.8) is 0 Å². The maximum Gasteiger partial charge on any atom is 0.227 e. The quantitative estimate of drug-likeness (QED) is 0.720. The zero-order valence-corrected chi connectivity index (χ0v) is 18.4. The third kappa shape index (κ3) is 5.43. The summed E-state index contributed by atoms with van der Waals surface area (Å²) in [6.07, 6.45) is 8.74. The van der Waals surface area contributed by atoms with Gasteiger partial charge in [-0.15, -0.1) is 11.3 Å². The van der Waals surface area contributed by atoms with Gasteiger partial charge in [0, 0.05) is 48.6 Å². The van der Waals surface area contributed by atoms with E-state index in [0.29, 0.717) is 10.4 Å². The minimum Gasteiger partial charge on any atom is -0.380 e. The van der Waals surface area contributed by atoms with Crippen LogP contribution in [-0.4, -0.2) is 42.0 Å². The predicted octanol–water partition coefficient (Wildman–Crippen LogP) is 5.03. The van der Waals surface area contributed by atoms with Crippen LogP contribution in [0.5, 0.6) is 0 Å². The molecule has 0 radical (unpaired) electrons. The van der Waals surface area contributed by atoms with E-state index >= 15 is 0 Å². The third-order valence-corrected chi connectivity index (χ3v) is 7.03. The first kappa shape index (κ1) is 20.5. The second-order valence-electron chi connectivity index (χ2n) is 8.00. The standard InChI is InChI=1S/C22H29ClN4OS/c23-22-25-15-20(29-22)14-24-18-7-9-19(10-8-18)27-13-5-6-17(16-27)21(28)26-11-3-1-2-4-12-26/h7-10,15,17,24H,1-6,11-14,16H2. The van der Waals surface area contributed by atoms with Crippen molar-refractivity contribution in [1.82, 2.24) is 9.88 Å². The Morgan fingerprint density at radius 2 is 1.86 bits per heavy atom. The average Bonchev–Trinajstić information content (AvgIpc) is 3.00. The summed E-state index contributed by atoms with van der Waals surface area (Å²) >= 11 is 7.38. The Balaban J connectivity index is 1.33. The van der Waals surface area contributed by atoms with E-state index < -0.39 is 0 Å². The number of rotatable bonds is 5. The zero-order valence-electron chi connectivity index (χ0n) is 16.8. The number of piperidine rings is 1. The van der Waals surface area contributed by atoms with E-state index in [9.17, 15) is 4.79 Å². The smallest absolute Gasteiger partial charge is 0.227 e. The molecule has 2 aliphatic heterocycles. The molecule has 1 amide bonds. The predicted molar refractivity (Wildman–Crippen MR) is 121 cm³/mol. The Morgan fingerprint density at radius 3 is 2.55 bits per heavy atom. The van der Waals surface area contributed by atoms with Gasteiger partial charge in [-0.3, -0.25) is 4.79 Å². The zero-order chi connectivity index (χ0) is 20.1. The van der Waals surface area contributed by atoms with Crippen LogP contribution in [0.15, 0.2) is 30.5 Å². The van der Waals surface area contributed by atoms with Crippen molar-refractivity contribution < 1.29 is 4.79 Å². The number of carbonyl (C=O) groups is 1. The molecule has 3 heterocycles. The summed E-state index contributed by atoms with van der Waals surface area (Å²) in [5.74, 6) is 0.508. The molecule has 2 fully saturated rings. The molecular formula is C22H29ClN4OS. The van der Waals surface area contributed by atoms with Crippen LogP contribution in [-0.2, 0) is 11.3 Å². The topological polar surface area (TPSA) is 48.5 Å². The summed E-state index contributed by atoms with van der Waals surface area (Å²) in [5, 5.41) is 3.41. The monoisotopic (exact) mass is 432 g/mol. The fraction of sp³-hybridized carbons (Fsp3) is 0.545.